The van der Waals surface area contributed by atoms with E-state index < -0.39 is 17.5 Å². The van der Waals surface area contributed by atoms with Gasteiger partial charge < -0.3 is 16.0 Å². The van der Waals surface area contributed by atoms with Gasteiger partial charge in [0.25, 0.3) is 0 Å². The molecule has 2 amide bonds. The van der Waals surface area contributed by atoms with E-state index in [-0.39, 0.29) is 30.7 Å². The van der Waals surface area contributed by atoms with E-state index in [0.717, 1.165) is 17.7 Å². The molecule has 2 aromatic carbocycles. The van der Waals surface area contributed by atoms with Crippen LogP contribution in [0, 0.1) is 11.6 Å². The summed E-state index contributed by atoms with van der Waals surface area (Å²) in [6.45, 7) is 1.60. The van der Waals surface area contributed by atoms with E-state index in [1.165, 1.54) is 6.07 Å². The lowest BCUT2D eigenvalue weighted by molar-refractivity contribution is -0.123. The van der Waals surface area contributed by atoms with Gasteiger partial charge in [0.05, 0.1) is 13.1 Å². The molecule has 0 saturated carbocycles. The monoisotopic (exact) mass is 381 g/mol. The lowest BCUT2D eigenvalue weighted by Crippen LogP contribution is -2.39. The Balaban J connectivity index is 1.74. The summed E-state index contributed by atoms with van der Waals surface area (Å²) in [4.78, 5) is 23.5. The quantitative estimate of drug-likeness (QED) is 0.690. The second-order valence-electron chi connectivity index (χ2n) is 5.61. The maximum atomic E-state index is 13.1. The standard InChI is InChI=1S/C18H18ClF2N3O2/c1-11(12-3-2-4-13(19)7-12)22-9-17(25)23-10-18(26)24-14-5-6-15(20)16(21)8-14/h2-8,11,22H,9-10H2,1H3,(H,23,25)(H,24,26)/t11-/m0/s1. The lowest BCUT2D eigenvalue weighted by Gasteiger charge is -2.14. The third kappa shape index (κ3) is 6.09. The van der Waals surface area contributed by atoms with Crippen molar-refractivity contribution in [3.05, 3.63) is 64.7 Å². The van der Waals surface area contributed by atoms with Crippen LogP contribution < -0.4 is 16.0 Å². The largest absolute Gasteiger partial charge is 0.346 e. The molecule has 0 saturated heterocycles. The maximum Gasteiger partial charge on any atom is 0.243 e. The van der Waals surface area contributed by atoms with Gasteiger partial charge in [0.15, 0.2) is 11.6 Å². The van der Waals surface area contributed by atoms with Gasteiger partial charge in [0.2, 0.25) is 11.8 Å². The SMILES string of the molecule is C[C@H](NCC(=O)NCC(=O)Nc1ccc(F)c(F)c1)c1cccc(Cl)c1. The summed E-state index contributed by atoms with van der Waals surface area (Å²) in [5.41, 5.74) is 1.04. The minimum Gasteiger partial charge on any atom is -0.346 e. The van der Waals surface area contributed by atoms with Crippen LogP contribution >= 0.6 is 11.6 Å². The number of carbonyl (C=O) groups excluding carboxylic acids is 2. The Morgan fingerprint density at radius 1 is 1.04 bits per heavy atom. The molecule has 3 N–H and O–H groups in total. The molecule has 2 rings (SSSR count). The Morgan fingerprint density at radius 3 is 2.50 bits per heavy atom. The number of nitrogens with one attached hydrogen (secondary N) is 3. The molecule has 5 nitrogen and oxygen atoms in total. The summed E-state index contributed by atoms with van der Waals surface area (Å²) in [6.07, 6.45) is 0. The van der Waals surface area contributed by atoms with Crippen LogP contribution in [0.4, 0.5) is 14.5 Å². The van der Waals surface area contributed by atoms with Gasteiger partial charge in [-0.2, -0.15) is 0 Å². The van der Waals surface area contributed by atoms with Crippen molar-refractivity contribution in [2.45, 2.75) is 13.0 Å². The van der Waals surface area contributed by atoms with Crippen LogP contribution in [0.1, 0.15) is 18.5 Å². The van der Waals surface area contributed by atoms with Crippen LogP contribution in [-0.2, 0) is 9.59 Å². The van der Waals surface area contributed by atoms with Crippen LogP contribution in [0.3, 0.4) is 0 Å². The summed E-state index contributed by atoms with van der Waals surface area (Å²) >= 11 is 5.93. The summed E-state index contributed by atoms with van der Waals surface area (Å²) in [5, 5.41) is 8.43. The smallest absolute Gasteiger partial charge is 0.243 e. The molecular formula is C18H18ClF2N3O2. The second-order valence-corrected chi connectivity index (χ2v) is 6.05. The second kappa shape index (κ2) is 9.26. The number of amides is 2. The maximum absolute atomic E-state index is 13.1. The predicted molar refractivity (Wildman–Crippen MR) is 95.9 cm³/mol. The third-order valence-electron chi connectivity index (χ3n) is 3.57. The fraction of sp³-hybridized carbons (Fsp3) is 0.222. The minimum atomic E-state index is -1.06. The molecule has 8 heteroatoms. The molecule has 0 spiro atoms. The molecule has 0 aliphatic heterocycles. The topological polar surface area (TPSA) is 70.2 Å². The number of anilines is 1. The highest BCUT2D eigenvalue weighted by molar-refractivity contribution is 6.30. The molecule has 0 fully saturated rings. The van der Waals surface area contributed by atoms with Crippen molar-refractivity contribution in [3.8, 4) is 0 Å². The van der Waals surface area contributed by atoms with E-state index in [1.54, 1.807) is 12.1 Å². The van der Waals surface area contributed by atoms with Crippen LogP contribution in [0.2, 0.25) is 5.02 Å². The number of rotatable bonds is 7. The van der Waals surface area contributed by atoms with E-state index in [0.29, 0.717) is 5.02 Å². The van der Waals surface area contributed by atoms with Crippen molar-refractivity contribution in [2.24, 2.45) is 0 Å². The molecule has 0 unspecified atom stereocenters. The zero-order valence-corrected chi connectivity index (χ0v) is 14.7. The Kier molecular flexibility index (Phi) is 7.06. The predicted octanol–water partition coefficient (Wildman–Crippen LogP) is 3.02. The lowest BCUT2D eigenvalue weighted by atomic mass is 10.1. The van der Waals surface area contributed by atoms with Gasteiger partial charge in [-0.3, -0.25) is 9.59 Å². The minimum absolute atomic E-state index is 0.00609. The fourth-order valence-corrected chi connectivity index (χ4v) is 2.36. The molecule has 1 atom stereocenters. The number of hydrogen-bond acceptors (Lipinski definition) is 3. The van der Waals surface area contributed by atoms with Crippen LogP contribution in [0.25, 0.3) is 0 Å². The molecule has 0 aliphatic carbocycles. The van der Waals surface area contributed by atoms with Crippen molar-refractivity contribution in [1.82, 2.24) is 10.6 Å². The van der Waals surface area contributed by atoms with Crippen LogP contribution in [0.5, 0.6) is 0 Å². The van der Waals surface area contributed by atoms with Crippen molar-refractivity contribution in [2.75, 3.05) is 18.4 Å². The number of halogens is 3. The van der Waals surface area contributed by atoms with E-state index in [1.807, 2.05) is 19.1 Å². The van der Waals surface area contributed by atoms with E-state index in [2.05, 4.69) is 16.0 Å². The Morgan fingerprint density at radius 2 is 1.81 bits per heavy atom. The molecule has 138 valence electrons. The molecular weight excluding hydrogens is 364 g/mol. The highest BCUT2D eigenvalue weighted by atomic mass is 35.5. The summed E-state index contributed by atoms with van der Waals surface area (Å²) in [7, 11) is 0. The van der Waals surface area contributed by atoms with Gasteiger partial charge in [0, 0.05) is 22.8 Å². The van der Waals surface area contributed by atoms with Crippen molar-refractivity contribution in [3.63, 3.8) is 0 Å². The zero-order chi connectivity index (χ0) is 19.1. The van der Waals surface area contributed by atoms with Gasteiger partial charge in [-0.25, -0.2) is 8.78 Å². The number of hydrogen-bond donors (Lipinski definition) is 3. The normalized spacial score (nSPS) is 11.7. The van der Waals surface area contributed by atoms with Crippen molar-refractivity contribution < 1.29 is 18.4 Å². The first kappa shape index (κ1) is 19.8. The average Bonchev–Trinajstić information content (AvgIpc) is 2.61. The Bertz CT molecular complexity index is 802. The van der Waals surface area contributed by atoms with Gasteiger partial charge in [-0.05, 0) is 36.8 Å². The van der Waals surface area contributed by atoms with E-state index in [4.69, 9.17) is 11.6 Å². The highest BCUT2D eigenvalue weighted by Crippen LogP contribution is 2.17. The molecule has 0 aliphatic rings. The van der Waals surface area contributed by atoms with E-state index in [9.17, 15) is 18.4 Å². The molecule has 0 radical (unpaired) electrons. The van der Waals surface area contributed by atoms with Crippen LogP contribution in [-0.4, -0.2) is 24.9 Å². The molecule has 0 bridgehead atoms. The summed E-state index contributed by atoms with van der Waals surface area (Å²) < 4.78 is 25.9. The van der Waals surface area contributed by atoms with Crippen molar-refractivity contribution in [1.29, 1.82) is 0 Å². The van der Waals surface area contributed by atoms with Gasteiger partial charge in [0.1, 0.15) is 0 Å². The molecule has 2 aromatic rings. The first-order chi connectivity index (χ1) is 12.3. The van der Waals surface area contributed by atoms with E-state index >= 15 is 0 Å². The highest BCUT2D eigenvalue weighted by Gasteiger charge is 2.10. The van der Waals surface area contributed by atoms with Gasteiger partial charge >= 0.3 is 0 Å². The molecule has 0 aromatic heterocycles. The molecule has 0 heterocycles. The average molecular weight is 382 g/mol. The van der Waals surface area contributed by atoms with Crippen molar-refractivity contribution >= 4 is 29.1 Å². The fourth-order valence-electron chi connectivity index (χ4n) is 2.16. The molecule has 26 heavy (non-hydrogen) atoms. The number of carbonyl (C=O) groups is 2. The van der Waals surface area contributed by atoms with Crippen LogP contribution in [0.15, 0.2) is 42.5 Å². The Labute approximate surface area is 154 Å². The summed E-state index contributed by atoms with van der Waals surface area (Å²) in [5.74, 6) is -2.99. The number of benzene rings is 2. The summed E-state index contributed by atoms with van der Waals surface area (Å²) in [6, 6.07) is 10.2. The Hall–Kier alpha value is -2.51. The zero-order valence-electron chi connectivity index (χ0n) is 14.0. The van der Waals surface area contributed by atoms with Gasteiger partial charge in [-0.15, -0.1) is 0 Å². The third-order valence-corrected chi connectivity index (χ3v) is 3.80. The van der Waals surface area contributed by atoms with Gasteiger partial charge in [-0.1, -0.05) is 23.7 Å². The first-order valence-electron chi connectivity index (χ1n) is 7.85. The first-order valence-corrected chi connectivity index (χ1v) is 8.23.